The van der Waals surface area contributed by atoms with E-state index in [2.05, 4.69) is 5.32 Å². The monoisotopic (exact) mass is 606 g/mol. The van der Waals surface area contributed by atoms with Gasteiger partial charge in [0.15, 0.2) is 17.7 Å². The van der Waals surface area contributed by atoms with E-state index in [1.54, 1.807) is 18.2 Å². The number of fused-ring (bicyclic) bond motifs is 4. The zero-order chi connectivity index (χ0) is 30.5. The van der Waals surface area contributed by atoms with Crippen LogP contribution in [0.15, 0.2) is 72.9 Å². The fraction of sp³-hybridized carbons (Fsp3) is 0.242. The van der Waals surface area contributed by atoms with E-state index in [-0.39, 0.29) is 54.0 Å². The van der Waals surface area contributed by atoms with Gasteiger partial charge >= 0.3 is 5.97 Å². The van der Waals surface area contributed by atoms with Gasteiger partial charge in [-0.1, -0.05) is 54.4 Å². The zero-order valence-electron chi connectivity index (χ0n) is 23.1. The third-order valence-electron chi connectivity index (χ3n) is 7.44. The second kappa shape index (κ2) is 13.3. The van der Waals surface area contributed by atoms with E-state index >= 15 is 0 Å². The van der Waals surface area contributed by atoms with Crippen LogP contribution in [0.1, 0.15) is 48.4 Å². The fourth-order valence-corrected chi connectivity index (χ4v) is 5.55. The summed E-state index contributed by atoms with van der Waals surface area (Å²) in [5, 5.41) is 25.0. The highest BCUT2D eigenvalue weighted by molar-refractivity contribution is 6.31. The van der Waals surface area contributed by atoms with Crippen molar-refractivity contribution in [2.24, 2.45) is 0 Å². The third-order valence-corrected chi connectivity index (χ3v) is 7.73. The molecule has 0 radical (unpaired) electrons. The van der Waals surface area contributed by atoms with Crippen LogP contribution in [0.25, 0.3) is 22.3 Å². The molecule has 1 atom stereocenters. The van der Waals surface area contributed by atoms with Gasteiger partial charge in [-0.15, -0.1) is 0 Å². The molecule has 0 saturated carbocycles. The number of rotatable bonds is 6. The number of pyridine rings is 1. The van der Waals surface area contributed by atoms with E-state index in [1.165, 1.54) is 6.07 Å². The van der Waals surface area contributed by atoms with Crippen LogP contribution in [0, 0.1) is 16.8 Å². The van der Waals surface area contributed by atoms with Crippen molar-refractivity contribution in [1.82, 2.24) is 0 Å². The van der Waals surface area contributed by atoms with Crippen LogP contribution < -0.4 is 10.0 Å². The Labute approximate surface area is 252 Å². The lowest BCUT2D eigenvalue weighted by molar-refractivity contribution is -0.614. The predicted molar refractivity (Wildman–Crippen MR) is 158 cm³/mol. The van der Waals surface area contributed by atoms with E-state index in [9.17, 15) is 23.6 Å². The summed E-state index contributed by atoms with van der Waals surface area (Å²) in [7, 11) is 0. The van der Waals surface area contributed by atoms with Gasteiger partial charge in [0.25, 0.3) is 0 Å². The number of aliphatic hydroxyl groups is 1. The zero-order valence-corrected chi connectivity index (χ0v) is 23.9. The summed E-state index contributed by atoms with van der Waals surface area (Å²) >= 11 is 5.86. The summed E-state index contributed by atoms with van der Waals surface area (Å²) in [5.41, 5.74) is 3.69. The first kappa shape index (κ1) is 30.1. The van der Waals surface area contributed by atoms with E-state index in [0.717, 1.165) is 35.0 Å². The molecule has 3 aromatic carbocycles. The minimum absolute atomic E-state index is 0.0201. The van der Waals surface area contributed by atoms with Crippen molar-refractivity contribution in [3.63, 3.8) is 0 Å². The van der Waals surface area contributed by atoms with Crippen molar-refractivity contribution in [2.75, 3.05) is 18.5 Å². The van der Waals surface area contributed by atoms with Crippen LogP contribution in [0.2, 0.25) is 5.02 Å². The van der Waals surface area contributed by atoms with Crippen LogP contribution in [0.5, 0.6) is 0 Å². The van der Waals surface area contributed by atoms with Crippen molar-refractivity contribution in [3.8, 4) is 22.3 Å². The van der Waals surface area contributed by atoms with Crippen molar-refractivity contribution >= 4 is 29.2 Å². The molecule has 0 unspecified atom stereocenters. The Kier molecular flexibility index (Phi) is 9.33. The molecule has 43 heavy (non-hydrogen) atoms. The van der Waals surface area contributed by atoms with Gasteiger partial charge in [-0.3, -0.25) is 9.59 Å². The predicted octanol–water partition coefficient (Wildman–Crippen LogP) is 6.31. The largest absolute Gasteiger partial charge is 0.618 e. The molecule has 10 heteroatoms. The Morgan fingerprint density at radius 2 is 1.91 bits per heavy atom. The van der Waals surface area contributed by atoms with Gasteiger partial charge in [0.2, 0.25) is 5.91 Å². The van der Waals surface area contributed by atoms with Gasteiger partial charge in [0.05, 0.1) is 35.1 Å². The molecule has 2 heterocycles. The van der Waals surface area contributed by atoms with Crippen LogP contribution in [0.4, 0.5) is 14.5 Å². The van der Waals surface area contributed by atoms with Crippen molar-refractivity contribution < 1.29 is 32.9 Å². The lowest BCUT2D eigenvalue weighted by Crippen LogP contribution is -2.33. The van der Waals surface area contributed by atoms with Gasteiger partial charge in [-0.2, -0.15) is 4.73 Å². The van der Waals surface area contributed by atoms with Crippen molar-refractivity contribution in [2.45, 2.75) is 38.0 Å². The maximum Gasteiger partial charge on any atom is 0.310 e. The molecule has 1 aliphatic heterocycles. The lowest BCUT2D eigenvalue weighted by Gasteiger charge is -2.20. The normalized spacial score (nSPS) is 15.1. The second-order valence-corrected chi connectivity index (χ2v) is 10.8. The number of hydrogen-bond donors (Lipinski definition) is 2. The van der Waals surface area contributed by atoms with E-state index in [1.807, 2.05) is 30.3 Å². The third kappa shape index (κ3) is 6.84. The van der Waals surface area contributed by atoms with E-state index in [4.69, 9.17) is 21.4 Å². The first-order valence-corrected chi connectivity index (χ1v) is 14.3. The summed E-state index contributed by atoms with van der Waals surface area (Å²) < 4.78 is 34.8. The number of aromatic nitrogens is 1. The first-order chi connectivity index (χ1) is 20.7. The smallest absolute Gasteiger partial charge is 0.310 e. The van der Waals surface area contributed by atoms with Gasteiger partial charge < -0.3 is 20.4 Å². The Balaban J connectivity index is 1.53. The molecular weight excluding hydrogens is 578 g/mol. The SMILES string of the molecule is O=C1CCCC[C@H](c2ccc(-c3c(F)ccc(Cl)c3F)c[n+]2[O-])c2cccc(c2)-c2ccc(CC(=O)OCCO)cc2N1. The highest BCUT2D eigenvalue weighted by atomic mass is 35.5. The molecule has 0 aliphatic carbocycles. The number of aliphatic hydroxyl groups excluding tert-OH is 1. The van der Waals surface area contributed by atoms with Gasteiger partial charge in [0, 0.05) is 23.7 Å². The molecule has 1 amide bonds. The number of hydrogen-bond acceptors (Lipinski definition) is 5. The topological polar surface area (TPSA) is 103 Å². The summed E-state index contributed by atoms with van der Waals surface area (Å²) in [4.78, 5) is 25.0. The average Bonchev–Trinajstić information content (AvgIpc) is 2.98. The number of nitrogens with zero attached hydrogens (tertiary/aromatic N) is 1. The Morgan fingerprint density at radius 1 is 1.07 bits per heavy atom. The number of halogens is 3. The molecule has 1 aromatic heterocycles. The minimum atomic E-state index is -0.935. The lowest BCUT2D eigenvalue weighted by atomic mass is 9.87. The van der Waals surface area contributed by atoms with E-state index in [0.29, 0.717) is 40.9 Å². The molecule has 2 bridgehead atoms. The molecule has 1 aliphatic rings. The van der Waals surface area contributed by atoms with Crippen LogP contribution in [0.3, 0.4) is 0 Å². The van der Waals surface area contributed by atoms with Gasteiger partial charge in [-0.05, 0) is 53.8 Å². The molecule has 4 aromatic rings. The minimum Gasteiger partial charge on any atom is -0.618 e. The molecular formula is C33H29ClF2N2O5. The second-order valence-electron chi connectivity index (χ2n) is 10.4. The summed E-state index contributed by atoms with van der Waals surface area (Å²) in [6.07, 6.45) is 3.18. The number of ether oxygens (including phenoxy) is 1. The highest BCUT2D eigenvalue weighted by Crippen LogP contribution is 2.36. The number of esters is 1. The maximum atomic E-state index is 14.7. The Morgan fingerprint density at radius 3 is 2.70 bits per heavy atom. The summed E-state index contributed by atoms with van der Waals surface area (Å²) in [6.45, 7) is -0.353. The molecule has 5 rings (SSSR count). The number of carbonyl (C=O) groups is 2. The van der Waals surface area contributed by atoms with Crippen LogP contribution in [-0.2, 0) is 20.7 Å². The Hall–Kier alpha value is -4.34. The average molecular weight is 607 g/mol. The quantitative estimate of drug-likeness (QED) is 0.116. The van der Waals surface area contributed by atoms with Crippen molar-refractivity contribution in [1.29, 1.82) is 0 Å². The summed E-state index contributed by atoms with van der Waals surface area (Å²) in [5.74, 6) is -2.78. The molecule has 222 valence electrons. The number of nitrogens with one attached hydrogen (secondary N) is 1. The number of anilines is 1. The van der Waals surface area contributed by atoms with Gasteiger partial charge in [-0.25, -0.2) is 8.78 Å². The first-order valence-electron chi connectivity index (χ1n) is 13.9. The number of carbonyl (C=O) groups excluding carboxylic acids is 2. The van der Waals surface area contributed by atoms with Crippen LogP contribution >= 0.6 is 11.6 Å². The summed E-state index contributed by atoms with van der Waals surface area (Å²) in [6, 6.07) is 18.3. The molecule has 0 fully saturated rings. The van der Waals surface area contributed by atoms with Gasteiger partial charge in [0.1, 0.15) is 12.4 Å². The molecule has 2 N–H and O–H groups in total. The Bertz CT molecular complexity index is 1680. The van der Waals surface area contributed by atoms with Crippen LogP contribution in [-0.4, -0.2) is 30.2 Å². The van der Waals surface area contributed by atoms with Crippen molar-refractivity contribution in [3.05, 3.63) is 112 Å². The fourth-order valence-electron chi connectivity index (χ4n) is 5.39. The molecule has 0 spiro atoms. The van der Waals surface area contributed by atoms with E-state index < -0.39 is 17.6 Å². The number of benzene rings is 3. The number of amides is 1. The standard InChI is InChI=1S/C33H29ClF2N2O5/c34-26-11-12-27(35)32(33(26)36)23-9-13-29(38(42)19-23)25-6-1-2-7-30(40)37-28-16-20(17-31(41)43-15-14-39)8-10-24(28)21-4-3-5-22(25)18-21/h3-5,8-13,16,18-19,25,39H,1-2,6-7,14-15,17H2,(H,37,40)/t25-/m0/s1. The molecule has 7 nitrogen and oxygen atoms in total. The maximum absolute atomic E-state index is 14.7. The highest BCUT2D eigenvalue weighted by Gasteiger charge is 2.25. The molecule has 0 saturated heterocycles.